The first-order valence-electron chi connectivity index (χ1n) is 8.11. The molecule has 0 spiro atoms. The molecule has 6 nitrogen and oxygen atoms in total. The van der Waals surface area contributed by atoms with Gasteiger partial charge in [0.2, 0.25) is 5.91 Å². The minimum absolute atomic E-state index is 0.0284. The maximum Gasteiger partial charge on any atom is 0.251 e. The van der Waals surface area contributed by atoms with E-state index in [9.17, 15) is 9.59 Å². The number of rotatable bonds is 5. The summed E-state index contributed by atoms with van der Waals surface area (Å²) in [5.74, 6) is 1.19. The molecule has 25 heavy (non-hydrogen) atoms. The van der Waals surface area contributed by atoms with E-state index in [1.165, 1.54) is 10.6 Å². The number of fused-ring (bicyclic) bond motifs is 1. The van der Waals surface area contributed by atoms with E-state index in [0.29, 0.717) is 19.0 Å². The molecule has 3 rings (SSSR count). The summed E-state index contributed by atoms with van der Waals surface area (Å²) in [4.78, 5) is 24.2. The average molecular weight is 407 g/mol. The Balaban J connectivity index is 1.72. The van der Waals surface area contributed by atoms with Crippen LogP contribution < -0.4 is 20.3 Å². The van der Waals surface area contributed by atoms with Crippen LogP contribution in [0.25, 0.3) is 0 Å². The SMILES string of the molecule is CCC(NC(=O)Cn1cc(Br)ccc1=O)c1ccc2c(c1)OCCO2. The molecule has 0 saturated carbocycles. The summed E-state index contributed by atoms with van der Waals surface area (Å²) < 4.78 is 13.2. The number of nitrogens with one attached hydrogen (secondary N) is 1. The predicted molar refractivity (Wildman–Crippen MR) is 97.0 cm³/mol. The second-order valence-corrected chi connectivity index (χ2v) is 6.66. The van der Waals surface area contributed by atoms with E-state index in [1.54, 1.807) is 12.3 Å². The molecule has 1 atom stereocenters. The van der Waals surface area contributed by atoms with Crippen LogP contribution in [-0.4, -0.2) is 23.7 Å². The molecule has 0 fully saturated rings. The Morgan fingerprint density at radius 2 is 2.00 bits per heavy atom. The van der Waals surface area contributed by atoms with Gasteiger partial charge in [0.25, 0.3) is 5.56 Å². The van der Waals surface area contributed by atoms with Crippen molar-refractivity contribution in [3.63, 3.8) is 0 Å². The van der Waals surface area contributed by atoms with Gasteiger partial charge in [0.15, 0.2) is 11.5 Å². The number of ether oxygens (including phenoxy) is 2. The smallest absolute Gasteiger partial charge is 0.251 e. The third-order valence-electron chi connectivity index (χ3n) is 3.97. The van der Waals surface area contributed by atoms with Crippen molar-refractivity contribution in [3.8, 4) is 11.5 Å². The van der Waals surface area contributed by atoms with Crippen LogP contribution in [0, 0.1) is 0 Å². The zero-order valence-electron chi connectivity index (χ0n) is 13.8. The van der Waals surface area contributed by atoms with Gasteiger partial charge in [0, 0.05) is 16.7 Å². The Morgan fingerprint density at radius 1 is 1.24 bits per heavy atom. The number of aromatic nitrogens is 1. The van der Waals surface area contributed by atoms with Crippen molar-refractivity contribution in [3.05, 3.63) is 56.9 Å². The largest absolute Gasteiger partial charge is 0.486 e. The van der Waals surface area contributed by atoms with E-state index in [1.807, 2.05) is 25.1 Å². The normalized spacial score (nSPS) is 14.0. The summed E-state index contributed by atoms with van der Waals surface area (Å²) >= 11 is 3.31. The summed E-state index contributed by atoms with van der Waals surface area (Å²) in [6.45, 7) is 3.03. The van der Waals surface area contributed by atoms with Crippen molar-refractivity contribution in [2.75, 3.05) is 13.2 Å². The van der Waals surface area contributed by atoms with Gasteiger partial charge in [-0.1, -0.05) is 13.0 Å². The van der Waals surface area contributed by atoms with Crippen molar-refractivity contribution < 1.29 is 14.3 Å². The molecule has 1 N–H and O–H groups in total. The maximum absolute atomic E-state index is 12.4. The molecule has 0 bridgehead atoms. The third-order valence-corrected chi connectivity index (χ3v) is 4.44. The zero-order chi connectivity index (χ0) is 17.8. The van der Waals surface area contributed by atoms with E-state index >= 15 is 0 Å². The van der Waals surface area contributed by atoms with Crippen molar-refractivity contribution in [1.82, 2.24) is 9.88 Å². The molecule has 1 aliphatic rings. The van der Waals surface area contributed by atoms with Crippen LogP contribution >= 0.6 is 15.9 Å². The van der Waals surface area contributed by atoms with E-state index in [-0.39, 0.29) is 24.1 Å². The molecule has 7 heteroatoms. The number of hydrogen-bond acceptors (Lipinski definition) is 4. The molecule has 0 aliphatic carbocycles. The Bertz CT molecular complexity index is 834. The Hall–Kier alpha value is -2.28. The maximum atomic E-state index is 12.4. The molecule has 2 aromatic rings. The highest BCUT2D eigenvalue weighted by Crippen LogP contribution is 2.33. The molecular formula is C18H19BrN2O4. The Morgan fingerprint density at radius 3 is 2.76 bits per heavy atom. The van der Waals surface area contributed by atoms with Gasteiger partial charge >= 0.3 is 0 Å². The van der Waals surface area contributed by atoms with E-state index in [4.69, 9.17) is 9.47 Å². The van der Waals surface area contributed by atoms with Crippen LogP contribution in [0.4, 0.5) is 0 Å². The van der Waals surface area contributed by atoms with Crippen molar-refractivity contribution >= 4 is 21.8 Å². The lowest BCUT2D eigenvalue weighted by molar-refractivity contribution is -0.122. The monoisotopic (exact) mass is 406 g/mol. The summed E-state index contributed by atoms with van der Waals surface area (Å²) in [5, 5.41) is 2.97. The lowest BCUT2D eigenvalue weighted by Crippen LogP contribution is -2.34. The Kier molecular flexibility index (Phi) is 5.43. The third kappa shape index (κ3) is 4.22. The highest BCUT2D eigenvalue weighted by atomic mass is 79.9. The van der Waals surface area contributed by atoms with Gasteiger partial charge < -0.3 is 19.4 Å². The van der Waals surface area contributed by atoms with Crippen LogP contribution in [0.1, 0.15) is 24.9 Å². The van der Waals surface area contributed by atoms with Crippen LogP contribution in [0.2, 0.25) is 0 Å². The highest BCUT2D eigenvalue weighted by molar-refractivity contribution is 9.10. The predicted octanol–water partition coefficient (Wildman–Crippen LogP) is 2.65. The first kappa shape index (κ1) is 17.5. The lowest BCUT2D eigenvalue weighted by atomic mass is 10.0. The van der Waals surface area contributed by atoms with E-state index in [2.05, 4.69) is 21.2 Å². The molecule has 132 valence electrons. The van der Waals surface area contributed by atoms with E-state index in [0.717, 1.165) is 22.2 Å². The van der Waals surface area contributed by atoms with Crippen LogP contribution in [0.15, 0.2) is 45.8 Å². The molecule has 1 aliphatic heterocycles. The van der Waals surface area contributed by atoms with Gasteiger partial charge in [-0.3, -0.25) is 9.59 Å². The van der Waals surface area contributed by atoms with Crippen LogP contribution in [-0.2, 0) is 11.3 Å². The van der Waals surface area contributed by atoms with Gasteiger partial charge in [0.05, 0.1) is 6.04 Å². The molecule has 2 heterocycles. The zero-order valence-corrected chi connectivity index (χ0v) is 15.4. The minimum atomic E-state index is -0.220. The van der Waals surface area contributed by atoms with Crippen LogP contribution in [0.5, 0.6) is 11.5 Å². The quantitative estimate of drug-likeness (QED) is 0.828. The molecule has 1 aromatic carbocycles. The fourth-order valence-corrected chi connectivity index (χ4v) is 3.10. The minimum Gasteiger partial charge on any atom is -0.486 e. The highest BCUT2D eigenvalue weighted by Gasteiger charge is 2.18. The fraction of sp³-hybridized carbons (Fsp3) is 0.333. The number of nitrogens with zero attached hydrogens (tertiary/aromatic N) is 1. The van der Waals surface area contributed by atoms with Crippen molar-refractivity contribution in [2.24, 2.45) is 0 Å². The number of halogens is 1. The fourth-order valence-electron chi connectivity index (χ4n) is 2.72. The second kappa shape index (κ2) is 7.74. The number of benzene rings is 1. The molecule has 1 aromatic heterocycles. The van der Waals surface area contributed by atoms with Crippen molar-refractivity contribution in [2.45, 2.75) is 25.9 Å². The molecule has 1 unspecified atom stereocenters. The summed E-state index contributed by atoms with van der Waals surface area (Å²) in [7, 11) is 0. The standard InChI is InChI=1S/C18H19BrN2O4/c1-2-14(12-3-5-15-16(9-12)25-8-7-24-15)20-17(22)11-21-10-13(19)4-6-18(21)23/h3-6,9-10,14H,2,7-8,11H2,1H3,(H,20,22). The lowest BCUT2D eigenvalue weighted by Gasteiger charge is -2.22. The number of pyridine rings is 1. The van der Waals surface area contributed by atoms with Crippen LogP contribution in [0.3, 0.4) is 0 Å². The number of hydrogen-bond donors (Lipinski definition) is 1. The first-order valence-corrected chi connectivity index (χ1v) is 8.91. The summed E-state index contributed by atoms with van der Waals surface area (Å²) in [5.41, 5.74) is 0.729. The second-order valence-electron chi connectivity index (χ2n) is 5.74. The van der Waals surface area contributed by atoms with Gasteiger partial charge in [-0.15, -0.1) is 0 Å². The Labute approximate surface area is 153 Å². The molecular weight excluding hydrogens is 388 g/mol. The first-order chi connectivity index (χ1) is 12.1. The van der Waals surface area contributed by atoms with E-state index < -0.39 is 0 Å². The number of carbonyl (C=O) groups is 1. The van der Waals surface area contributed by atoms with Crippen molar-refractivity contribution in [1.29, 1.82) is 0 Å². The van der Waals surface area contributed by atoms with Gasteiger partial charge in [-0.05, 0) is 46.1 Å². The van der Waals surface area contributed by atoms with Gasteiger partial charge in [-0.25, -0.2) is 0 Å². The summed E-state index contributed by atoms with van der Waals surface area (Å²) in [6.07, 6.45) is 2.33. The number of amides is 1. The topological polar surface area (TPSA) is 69.6 Å². The molecule has 0 saturated heterocycles. The number of carbonyl (C=O) groups excluding carboxylic acids is 1. The summed E-state index contributed by atoms with van der Waals surface area (Å²) in [6, 6.07) is 8.60. The molecule has 1 amide bonds. The van der Waals surface area contributed by atoms with Gasteiger partial charge in [0.1, 0.15) is 19.8 Å². The average Bonchev–Trinajstić information content (AvgIpc) is 2.62. The van der Waals surface area contributed by atoms with Gasteiger partial charge in [-0.2, -0.15) is 0 Å². The molecule has 0 radical (unpaired) electrons.